The van der Waals surface area contributed by atoms with Gasteiger partial charge in [-0.15, -0.1) is 0 Å². The molecule has 3 aromatic rings. The summed E-state index contributed by atoms with van der Waals surface area (Å²) in [5, 5.41) is 0. The Hall–Kier alpha value is -2.81. The summed E-state index contributed by atoms with van der Waals surface area (Å²) in [6, 6.07) is 22.7. The van der Waals surface area contributed by atoms with Crippen LogP contribution in [0.1, 0.15) is 44.7 Å². The lowest BCUT2D eigenvalue weighted by atomic mass is 9.74. The van der Waals surface area contributed by atoms with E-state index in [2.05, 4.69) is 50.2 Å². The zero-order valence-electron chi connectivity index (χ0n) is 17.5. The van der Waals surface area contributed by atoms with Gasteiger partial charge in [0.2, 0.25) is 0 Å². The van der Waals surface area contributed by atoms with Crippen LogP contribution >= 0.6 is 0 Å². The van der Waals surface area contributed by atoms with E-state index in [9.17, 15) is 4.39 Å². The SMILES string of the molecule is CCCC(C)(Cc1cccc(Oc2ccc(F)cc2)c1)c1ccc(OCC)cc1. The summed E-state index contributed by atoms with van der Waals surface area (Å²) in [5.41, 5.74) is 2.55. The third kappa shape index (κ3) is 5.60. The van der Waals surface area contributed by atoms with Gasteiger partial charge in [0.05, 0.1) is 6.61 Å². The lowest BCUT2D eigenvalue weighted by molar-refractivity contribution is 0.339. The Kier molecular flexibility index (Phi) is 6.92. The number of benzene rings is 3. The van der Waals surface area contributed by atoms with Crippen molar-refractivity contribution < 1.29 is 13.9 Å². The Morgan fingerprint density at radius 2 is 1.52 bits per heavy atom. The van der Waals surface area contributed by atoms with Crippen LogP contribution in [0.3, 0.4) is 0 Å². The van der Waals surface area contributed by atoms with Crippen LogP contribution in [0.4, 0.5) is 4.39 Å². The molecule has 0 saturated carbocycles. The van der Waals surface area contributed by atoms with Gasteiger partial charge in [0.25, 0.3) is 0 Å². The van der Waals surface area contributed by atoms with Crippen molar-refractivity contribution in [1.29, 1.82) is 0 Å². The molecule has 0 saturated heterocycles. The lowest BCUT2D eigenvalue weighted by Gasteiger charge is -2.30. The summed E-state index contributed by atoms with van der Waals surface area (Å²) in [4.78, 5) is 0. The van der Waals surface area contributed by atoms with Crippen molar-refractivity contribution in [2.24, 2.45) is 0 Å². The first-order valence-corrected chi connectivity index (χ1v) is 10.3. The third-order valence-electron chi connectivity index (χ3n) is 5.21. The van der Waals surface area contributed by atoms with Gasteiger partial charge in [0.1, 0.15) is 23.1 Å². The minimum absolute atomic E-state index is 0.0218. The molecule has 3 aromatic carbocycles. The Morgan fingerprint density at radius 3 is 2.17 bits per heavy atom. The van der Waals surface area contributed by atoms with Crippen LogP contribution in [0.25, 0.3) is 0 Å². The van der Waals surface area contributed by atoms with E-state index in [1.807, 2.05) is 19.1 Å². The highest BCUT2D eigenvalue weighted by molar-refractivity contribution is 5.37. The predicted octanol–water partition coefficient (Wildman–Crippen LogP) is 7.32. The van der Waals surface area contributed by atoms with Crippen molar-refractivity contribution in [2.75, 3.05) is 6.61 Å². The van der Waals surface area contributed by atoms with Gasteiger partial charge < -0.3 is 9.47 Å². The second kappa shape index (κ2) is 9.60. The highest BCUT2D eigenvalue weighted by atomic mass is 19.1. The van der Waals surface area contributed by atoms with Gasteiger partial charge in [0.15, 0.2) is 0 Å². The van der Waals surface area contributed by atoms with Crippen LogP contribution in [0, 0.1) is 5.82 Å². The fourth-order valence-corrected chi connectivity index (χ4v) is 3.81. The molecule has 0 bridgehead atoms. The quantitative estimate of drug-likeness (QED) is 0.380. The molecule has 0 N–H and O–H groups in total. The molecule has 0 fully saturated rings. The molecule has 3 heteroatoms. The summed E-state index contributed by atoms with van der Waals surface area (Å²) < 4.78 is 24.6. The topological polar surface area (TPSA) is 18.5 Å². The molecule has 29 heavy (non-hydrogen) atoms. The monoisotopic (exact) mass is 392 g/mol. The summed E-state index contributed by atoms with van der Waals surface area (Å²) >= 11 is 0. The van der Waals surface area contributed by atoms with Crippen LogP contribution in [-0.4, -0.2) is 6.61 Å². The summed E-state index contributed by atoms with van der Waals surface area (Å²) in [6.07, 6.45) is 3.11. The minimum atomic E-state index is -0.267. The van der Waals surface area contributed by atoms with Crippen LogP contribution in [-0.2, 0) is 11.8 Å². The fraction of sp³-hybridized carbons (Fsp3) is 0.308. The van der Waals surface area contributed by atoms with E-state index < -0.39 is 0 Å². The smallest absolute Gasteiger partial charge is 0.127 e. The van der Waals surface area contributed by atoms with Crippen molar-refractivity contribution in [1.82, 2.24) is 0 Å². The highest BCUT2D eigenvalue weighted by Crippen LogP contribution is 2.35. The predicted molar refractivity (Wildman–Crippen MR) is 116 cm³/mol. The van der Waals surface area contributed by atoms with E-state index in [0.717, 1.165) is 30.8 Å². The van der Waals surface area contributed by atoms with E-state index in [0.29, 0.717) is 12.4 Å². The molecular weight excluding hydrogens is 363 g/mol. The number of halogens is 1. The van der Waals surface area contributed by atoms with Gasteiger partial charge in [-0.2, -0.15) is 0 Å². The molecule has 0 spiro atoms. The fourth-order valence-electron chi connectivity index (χ4n) is 3.81. The molecular formula is C26H29FO2. The zero-order valence-corrected chi connectivity index (χ0v) is 17.5. The lowest BCUT2D eigenvalue weighted by Crippen LogP contribution is -2.25. The number of hydrogen-bond acceptors (Lipinski definition) is 2. The number of hydrogen-bond donors (Lipinski definition) is 0. The van der Waals surface area contributed by atoms with E-state index in [-0.39, 0.29) is 11.2 Å². The van der Waals surface area contributed by atoms with Crippen molar-refractivity contribution >= 4 is 0 Å². The van der Waals surface area contributed by atoms with Gasteiger partial charge in [0, 0.05) is 0 Å². The summed E-state index contributed by atoms with van der Waals surface area (Å²) in [5.74, 6) is 2.03. The molecule has 0 aliphatic heterocycles. The maximum absolute atomic E-state index is 13.1. The largest absolute Gasteiger partial charge is 0.494 e. The molecule has 3 rings (SSSR count). The standard InChI is InChI=1S/C26H29FO2/c1-4-17-26(3,21-9-13-23(14-10-21)28-5-2)19-20-7-6-8-25(18-20)29-24-15-11-22(27)12-16-24/h6-16,18H,4-5,17,19H2,1-3H3. The van der Waals surface area contributed by atoms with Gasteiger partial charge in [-0.25, -0.2) is 4.39 Å². The Balaban J connectivity index is 1.80. The molecule has 0 heterocycles. The van der Waals surface area contributed by atoms with Crippen molar-refractivity contribution in [3.8, 4) is 17.2 Å². The van der Waals surface area contributed by atoms with Crippen LogP contribution in [0.2, 0.25) is 0 Å². The van der Waals surface area contributed by atoms with Gasteiger partial charge in [-0.1, -0.05) is 44.5 Å². The number of rotatable bonds is 9. The maximum Gasteiger partial charge on any atom is 0.127 e. The normalized spacial score (nSPS) is 13.0. The second-order valence-corrected chi connectivity index (χ2v) is 7.65. The van der Waals surface area contributed by atoms with Crippen LogP contribution in [0.15, 0.2) is 72.8 Å². The molecule has 0 aromatic heterocycles. The molecule has 0 aliphatic rings. The molecule has 2 nitrogen and oxygen atoms in total. The van der Waals surface area contributed by atoms with E-state index in [1.165, 1.54) is 23.3 Å². The van der Waals surface area contributed by atoms with Gasteiger partial charge in [-0.3, -0.25) is 0 Å². The van der Waals surface area contributed by atoms with E-state index in [4.69, 9.17) is 9.47 Å². The zero-order chi connectivity index (χ0) is 20.7. The van der Waals surface area contributed by atoms with Crippen LogP contribution < -0.4 is 9.47 Å². The highest BCUT2D eigenvalue weighted by Gasteiger charge is 2.26. The molecule has 0 amide bonds. The maximum atomic E-state index is 13.1. The molecule has 0 radical (unpaired) electrons. The third-order valence-corrected chi connectivity index (χ3v) is 5.21. The van der Waals surface area contributed by atoms with Gasteiger partial charge >= 0.3 is 0 Å². The first kappa shape index (κ1) is 20.9. The summed E-state index contributed by atoms with van der Waals surface area (Å²) in [6.45, 7) is 7.21. The Labute approximate surface area is 173 Å². The van der Waals surface area contributed by atoms with Crippen molar-refractivity contribution in [2.45, 2.75) is 45.4 Å². The number of ether oxygens (including phenoxy) is 2. The van der Waals surface area contributed by atoms with Gasteiger partial charge in [-0.05, 0) is 84.8 Å². The summed E-state index contributed by atoms with van der Waals surface area (Å²) in [7, 11) is 0. The van der Waals surface area contributed by atoms with E-state index >= 15 is 0 Å². The van der Waals surface area contributed by atoms with Crippen LogP contribution in [0.5, 0.6) is 17.2 Å². The Bertz CT molecular complexity index is 903. The second-order valence-electron chi connectivity index (χ2n) is 7.65. The first-order valence-electron chi connectivity index (χ1n) is 10.3. The first-order chi connectivity index (χ1) is 14.0. The molecule has 1 unspecified atom stereocenters. The average Bonchev–Trinajstić information content (AvgIpc) is 2.71. The minimum Gasteiger partial charge on any atom is -0.494 e. The molecule has 0 aliphatic carbocycles. The van der Waals surface area contributed by atoms with E-state index in [1.54, 1.807) is 12.1 Å². The van der Waals surface area contributed by atoms with Crippen molar-refractivity contribution in [3.63, 3.8) is 0 Å². The molecule has 152 valence electrons. The average molecular weight is 393 g/mol. The molecule has 1 atom stereocenters. The van der Waals surface area contributed by atoms with Crippen molar-refractivity contribution in [3.05, 3.63) is 89.7 Å². The Morgan fingerprint density at radius 1 is 0.828 bits per heavy atom.